The van der Waals surface area contributed by atoms with Crippen LogP contribution in [0, 0.1) is 0 Å². The number of nitrogens with one attached hydrogen (secondary N) is 4. The summed E-state index contributed by atoms with van der Waals surface area (Å²) >= 11 is 0. The van der Waals surface area contributed by atoms with Gasteiger partial charge in [-0.05, 0) is 53.1 Å². The van der Waals surface area contributed by atoms with Crippen molar-refractivity contribution in [3.63, 3.8) is 0 Å². The zero-order valence-electron chi connectivity index (χ0n) is 22.3. The maximum atomic E-state index is 4.66. The van der Waals surface area contributed by atoms with Crippen molar-refractivity contribution in [3.8, 4) is 22.5 Å². The molecule has 0 aliphatic carbocycles. The summed E-state index contributed by atoms with van der Waals surface area (Å²) in [4.78, 5) is 13.5. The Kier molecular flexibility index (Phi) is 6.88. The Hall–Kier alpha value is -4.95. The number of aromatic nitrogens is 3. The molecule has 5 aromatic rings. The van der Waals surface area contributed by atoms with E-state index in [1.165, 1.54) is 11.1 Å². The van der Waals surface area contributed by atoms with Crippen LogP contribution in [0.5, 0.6) is 0 Å². The Balaban J connectivity index is 0.968. The van der Waals surface area contributed by atoms with E-state index in [-0.39, 0.29) is 18.4 Å². The average Bonchev–Trinajstić information content (AvgIpc) is 3.57. The number of allylic oxidation sites excluding steroid dienone is 2. The largest absolute Gasteiger partial charge is 0.380 e. The number of dihydropyridines is 1. The number of nitrogens with zero attached hydrogens (tertiary/aromatic N) is 3. The van der Waals surface area contributed by atoms with Gasteiger partial charge in [0.25, 0.3) is 0 Å². The van der Waals surface area contributed by atoms with Gasteiger partial charge in [0.15, 0.2) is 0 Å². The van der Waals surface area contributed by atoms with Gasteiger partial charge in [-0.15, -0.1) is 0 Å². The molecule has 7 heteroatoms. The molecule has 1 fully saturated rings. The van der Waals surface area contributed by atoms with Crippen LogP contribution in [-0.4, -0.2) is 15.0 Å². The maximum Gasteiger partial charge on any atom is 0.0978 e. The van der Waals surface area contributed by atoms with Crippen molar-refractivity contribution in [3.05, 3.63) is 156 Å². The summed E-state index contributed by atoms with van der Waals surface area (Å²) in [7, 11) is 0. The number of benzene rings is 2. The van der Waals surface area contributed by atoms with E-state index >= 15 is 0 Å². The van der Waals surface area contributed by atoms with Crippen LogP contribution in [0.4, 0.5) is 0 Å². The molecular formula is C34H29N7. The lowest BCUT2D eigenvalue weighted by Gasteiger charge is -2.20. The van der Waals surface area contributed by atoms with E-state index in [4.69, 9.17) is 0 Å². The molecule has 3 atom stereocenters. The van der Waals surface area contributed by atoms with E-state index < -0.39 is 0 Å². The van der Waals surface area contributed by atoms with Gasteiger partial charge >= 0.3 is 0 Å². The van der Waals surface area contributed by atoms with Gasteiger partial charge in [0.1, 0.15) is 0 Å². The number of hydrogen-bond donors (Lipinski definition) is 4. The molecule has 7 rings (SSSR count). The zero-order valence-corrected chi connectivity index (χ0v) is 22.3. The number of hydrogen-bond acceptors (Lipinski definition) is 7. The van der Waals surface area contributed by atoms with Gasteiger partial charge in [-0.2, -0.15) is 0 Å². The normalized spacial score (nSPS) is 19.9. The SMILES string of the molecule is C1=CC(c2ccc(C3NNC(c4ccc(-c5ccc(-c6ccccn6)cn5)cc4)N3)cc2)NC=C1c1ccccn1. The monoisotopic (exact) mass is 535 g/mol. The fraction of sp³-hybridized carbons (Fsp3) is 0.0882. The molecule has 200 valence electrons. The summed E-state index contributed by atoms with van der Waals surface area (Å²) in [6, 6.07) is 33.3. The summed E-state index contributed by atoms with van der Waals surface area (Å²) in [5.74, 6) is 0. The van der Waals surface area contributed by atoms with Gasteiger partial charge < -0.3 is 5.32 Å². The Morgan fingerprint density at radius 3 is 1.73 bits per heavy atom. The minimum atomic E-state index is -0.00804. The summed E-state index contributed by atoms with van der Waals surface area (Å²) in [5.41, 5.74) is 16.3. The lowest BCUT2D eigenvalue weighted by atomic mass is 10.00. The van der Waals surface area contributed by atoms with Crippen LogP contribution in [0.25, 0.3) is 28.1 Å². The van der Waals surface area contributed by atoms with Crippen LogP contribution in [-0.2, 0) is 0 Å². The summed E-state index contributed by atoms with van der Waals surface area (Å²) in [6.07, 6.45) is 11.8. The van der Waals surface area contributed by atoms with Crippen molar-refractivity contribution in [2.45, 2.75) is 18.4 Å². The molecular weight excluding hydrogens is 506 g/mol. The first-order valence-electron chi connectivity index (χ1n) is 13.7. The van der Waals surface area contributed by atoms with Crippen molar-refractivity contribution in [2.75, 3.05) is 0 Å². The van der Waals surface area contributed by atoms with Gasteiger partial charge in [0, 0.05) is 41.5 Å². The summed E-state index contributed by atoms with van der Waals surface area (Å²) in [6.45, 7) is 0. The van der Waals surface area contributed by atoms with Crippen molar-refractivity contribution in [2.24, 2.45) is 0 Å². The van der Waals surface area contributed by atoms with E-state index in [0.717, 1.165) is 39.3 Å². The summed E-state index contributed by atoms with van der Waals surface area (Å²) in [5, 5.41) is 7.13. The highest BCUT2D eigenvalue weighted by Gasteiger charge is 2.25. The molecule has 0 bridgehead atoms. The predicted molar refractivity (Wildman–Crippen MR) is 161 cm³/mol. The molecule has 41 heavy (non-hydrogen) atoms. The molecule has 7 nitrogen and oxygen atoms in total. The van der Waals surface area contributed by atoms with E-state index in [0.29, 0.717) is 0 Å². The maximum absolute atomic E-state index is 4.66. The van der Waals surface area contributed by atoms with Crippen LogP contribution in [0.15, 0.2) is 134 Å². The van der Waals surface area contributed by atoms with E-state index in [1.54, 1.807) is 6.20 Å². The molecule has 2 aliphatic rings. The van der Waals surface area contributed by atoms with Crippen LogP contribution >= 0.6 is 0 Å². The van der Waals surface area contributed by atoms with Gasteiger partial charge in [-0.1, -0.05) is 72.8 Å². The molecule has 0 spiro atoms. The topological polar surface area (TPSA) is 86.8 Å². The Bertz CT molecular complexity index is 1660. The van der Waals surface area contributed by atoms with Crippen molar-refractivity contribution >= 4 is 5.57 Å². The Morgan fingerprint density at radius 1 is 0.537 bits per heavy atom. The third kappa shape index (κ3) is 5.42. The average molecular weight is 536 g/mol. The van der Waals surface area contributed by atoms with Crippen LogP contribution < -0.4 is 21.5 Å². The molecule has 3 unspecified atom stereocenters. The lowest BCUT2D eigenvalue weighted by Crippen LogP contribution is -2.26. The van der Waals surface area contributed by atoms with E-state index in [1.807, 2.05) is 61.1 Å². The number of hydrazine groups is 1. The first kappa shape index (κ1) is 25.0. The fourth-order valence-corrected chi connectivity index (χ4v) is 5.15. The predicted octanol–water partition coefficient (Wildman–Crippen LogP) is 5.84. The zero-order chi connectivity index (χ0) is 27.4. The minimum Gasteiger partial charge on any atom is -0.380 e. The van der Waals surface area contributed by atoms with Crippen LogP contribution in [0.3, 0.4) is 0 Å². The minimum absolute atomic E-state index is 0.0000409. The second kappa shape index (κ2) is 11.3. The first-order valence-corrected chi connectivity index (χ1v) is 13.7. The van der Waals surface area contributed by atoms with Crippen LogP contribution in [0.1, 0.15) is 40.8 Å². The van der Waals surface area contributed by atoms with Crippen molar-refractivity contribution in [1.82, 2.24) is 36.4 Å². The van der Waals surface area contributed by atoms with Gasteiger partial charge in [0.2, 0.25) is 0 Å². The first-order chi connectivity index (χ1) is 20.3. The van der Waals surface area contributed by atoms with Gasteiger partial charge in [-0.3, -0.25) is 20.3 Å². The molecule has 5 heterocycles. The molecule has 2 aliphatic heterocycles. The summed E-state index contributed by atoms with van der Waals surface area (Å²) < 4.78 is 0. The highest BCUT2D eigenvalue weighted by molar-refractivity contribution is 5.72. The Morgan fingerprint density at radius 2 is 1.15 bits per heavy atom. The number of rotatable bonds is 6. The lowest BCUT2D eigenvalue weighted by molar-refractivity contribution is 0.554. The molecule has 2 aromatic carbocycles. The second-order valence-corrected chi connectivity index (χ2v) is 10.1. The molecule has 0 saturated carbocycles. The molecule has 0 amide bonds. The third-order valence-electron chi connectivity index (χ3n) is 7.45. The van der Waals surface area contributed by atoms with Crippen molar-refractivity contribution in [1.29, 1.82) is 0 Å². The quantitative estimate of drug-likeness (QED) is 0.217. The molecule has 1 saturated heterocycles. The van der Waals surface area contributed by atoms with Gasteiger partial charge in [0.05, 0.1) is 35.5 Å². The third-order valence-corrected chi connectivity index (χ3v) is 7.45. The number of pyridine rings is 3. The Labute approximate surface area is 239 Å². The highest BCUT2D eigenvalue weighted by Crippen LogP contribution is 2.27. The molecule has 0 radical (unpaired) electrons. The van der Waals surface area contributed by atoms with E-state index in [2.05, 4.69) is 103 Å². The highest BCUT2D eigenvalue weighted by atomic mass is 15.5. The van der Waals surface area contributed by atoms with Gasteiger partial charge in [-0.25, -0.2) is 10.9 Å². The second-order valence-electron chi connectivity index (χ2n) is 10.1. The van der Waals surface area contributed by atoms with E-state index in [9.17, 15) is 0 Å². The molecule has 4 N–H and O–H groups in total. The smallest absolute Gasteiger partial charge is 0.0978 e. The van der Waals surface area contributed by atoms with Crippen LogP contribution in [0.2, 0.25) is 0 Å². The standard InChI is InChI=1S/C34H29N7/c1-3-19-35-29(5-1)27-15-17-31(37-21-27)23-7-11-25(12-8-23)33-39-34(41-40-33)26-13-9-24(10-14-26)32-18-16-28(22-38-32)30-6-2-4-20-36-30/h1-22,31,33-34,37,39-41H. The van der Waals surface area contributed by atoms with Crippen molar-refractivity contribution < 1.29 is 0 Å². The molecule has 3 aromatic heterocycles. The fourth-order valence-electron chi connectivity index (χ4n) is 5.15.